The Bertz CT molecular complexity index is 216. The molecule has 2 rings (SSSR count). The van der Waals surface area contributed by atoms with E-state index in [0.29, 0.717) is 18.6 Å². The maximum atomic E-state index is 9.98. The summed E-state index contributed by atoms with van der Waals surface area (Å²) in [4.78, 5) is 2.37. The van der Waals surface area contributed by atoms with E-state index in [0.717, 1.165) is 19.6 Å². The Morgan fingerprint density at radius 1 is 1.18 bits per heavy atom. The van der Waals surface area contributed by atoms with Crippen molar-refractivity contribution in [3.63, 3.8) is 0 Å². The topological polar surface area (TPSA) is 32.7 Å². The van der Waals surface area contributed by atoms with Crippen molar-refractivity contribution in [1.29, 1.82) is 0 Å². The lowest BCUT2D eigenvalue weighted by molar-refractivity contribution is -0.0331. The molecule has 0 aromatic carbocycles. The van der Waals surface area contributed by atoms with Crippen LogP contribution in [-0.2, 0) is 4.74 Å². The van der Waals surface area contributed by atoms with Crippen LogP contribution in [0.15, 0.2) is 0 Å². The Kier molecular flexibility index (Phi) is 5.26. The van der Waals surface area contributed by atoms with E-state index in [9.17, 15) is 5.11 Å². The highest BCUT2D eigenvalue weighted by atomic mass is 16.5. The van der Waals surface area contributed by atoms with Crippen molar-refractivity contribution in [2.45, 2.75) is 57.7 Å². The highest BCUT2D eigenvalue weighted by Crippen LogP contribution is 2.27. The molecule has 0 aromatic rings. The van der Waals surface area contributed by atoms with Gasteiger partial charge in [-0.25, -0.2) is 0 Å². The molecule has 0 radical (unpaired) electrons. The average Bonchev–Trinajstić information content (AvgIpc) is 2.74. The van der Waals surface area contributed by atoms with E-state index in [1.165, 1.54) is 38.5 Å². The zero-order valence-electron chi connectivity index (χ0n) is 11.1. The summed E-state index contributed by atoms with van der Waals surface area (Å²) in [7, 11) is 0. The van der Waals surface area contributed by atoms with Gasteiger partial charge in [-0.15, -0.1) is 0 Å². The second kappa shape index (κ2) is 6.72. The number of piperidine rings is 1. The lowest BCUT2D eigenvalue weighted by Gasteiger charge is -2.29. The molecule has 0 bridgehead atoms. The van der Waals surface area contributed by atoms with E-state index in [-0.39, 0.29) is 6.10 Å². The van der Waals surface area contributed by atoms with E-state index in [2.05, 4.69) is 11.8 Å². The number of likely N-dealkylation sites (tertiary alicyclic amines) is 1. The summed E-state index contributed by atoms with van der Waals surface area (Å²) in [6.07, 6.45) is 7.76. The Hall–Kier alpha value is -0.120. The van der Waals surface area contributed by atoms with Crippen molar-refractivity contribution < 1.29 is 9.84 Å². The number of hydrogen-bond donors (Lipinski definition) is 1. The van der Waals surface area contributed by atoms with Crippen LogP contribution in [0.2, 0.25) is 0 Å². The standard InChI is InChI=1S/C14H27NO2/c1-12-6-5-7-14(12)17-11-13(16)10-15-8-3-2-4-9-15/h12-14,16H,2-11H2,1H3/t12-,13-,14-/m0/s1. The molecule has 1 aliphatic heterocycles. The first-order chi connectivity index (χ1) is 8.25. The molecule has 1 saturated heterocycles. The number of rotatable bonds is 5. The molecule has 0 unspecified atom stereocenters. The second-order valence-corrected chi connectivity index (χ2v) is 5.80. The molecule has 1 heterocycles. The van der Waals surface area contributed by atoms with Gasteiger partial charge in [0.15, 0.2) is 0 Å². The summed E-state index contributed by atoms with van der Waals surface area (Å²) in [6, 6.07) is 0. The highest BCUT2D eigenvalue weighted by molar-refractivity contribution is 4.75. The Labute approximate surface area is 105 Å². The first kappa shape index (κ1) is 13.3. The van der Waals surface area contributed by atoms with Crippen molar-refractivity contribution in [1.82, 2.24) is 4.90 Å². The Morgan fingerprint density at radius 3 is 2.59 bits per heavy atom. The van der Waals surface area contributed by atoms with E-state index in [1.807, 2.05) is 0 Å². The second-order valence-electron chi connectivity index (χ2n) is 5.80. The third-order valence-electron chi connectivity index (χ3n) is 4.20. The minimum atomic E-state index is -0.305. The number of hydrogen-bond acceptors (Lipinski definition) is 3. The number of nitrogens with zero attached hydrogens (tertiary/aromatic N) is 1. The summed E-state index contributed by atoms with van der Waals surface area (Å²) in [6.45, 7) is 5.87. The molecule has 1 aliphatic carbocycles. The van der Waals surface area contributed by atoms with Gasteiger partial charge in [0, 0.05) is 6.54 Å². The van der Waals surface area contributed by atoms with Crippen molar-refractivity contribution in [3.05, 3.63) is 0 Å². The smallest absolute Gasteiger partial charge is 0.0900 e. The average molecular weight is 241 g/mol. The van der Waals surface area contributed by atoms with E-state index < -0.39 is 0 Å². The molecular weight excluding hydrogens is 214 g/mol. The van der Waals surface area contributed by atoms with Gasteiger partial charge in [-0.2, -0.15) is 0 Å². The zero-order chi connectivity index (χ0) is 12.1. The molecule has 3 nitrogen and oxygen atoms in total. The van der Waals surface area contributed by atoms with E-state index >= 15 is 0 Å². The lowest BCUT2D eigenvalue weighted by Crippen LogP contribution is -2.38. The van der Waals surface area contributed by atoms with Crippen LogP contribution in [0, 0.1) is 5.92 Å². The maximum Gasteiger partial charge on any atom is 0.0900 e. The van der Waals surface area contributed by atoms with Gasteiger partial charge in [-0.1, -0.05) is 19.8 Å². The maximum absolute atomic E-state index is 9.98. The van der Waals surface area contributed by atoms with Gasteiger partial charge in [-0.3, -0.25) is 0 Å². The molecule has 2 aliphatic rings. The van der Waals surface area contributed by atoms with Gasteiger partial charge >= 0.3 is 0 Å². The van der Waals surface area contributed by atoms with Crippen molar-refractivity contribution in [2.24, 2.45) is 5.92 Å². The van der Waals surface area contributed by atoms with Gasteiger partial charge < -0.3 is 14.7 Å². The molecule has 3 atom stereocenters. The molecule has 1 saturated carbocycles. The normalized spacial score (nSPS) is 32.8. The minimum absolute atomic E-state index is 0.305. The van der Waals surface area contributed by atoms with Crippen molar-refractivity contribution in [2.75, 3.05) is 26.2 Å². The van der Waals surface area contributed by atoms with Crippen LogP contribution in [0.25, 0.3) is 0 Å². The number of aliphatic hydroxyl groups excluding tert-OH is 1. The summed E-state index contributed by atoms with van der Waals surface area (Å²) >= 11 is 0. The van der Waals surface area contributed by atoms with Crippen LogP contribution in [0.4, 0.5) is 0 Å². The number of ether oxygens (including phenoxy) is 1. The van der Waals surface area contributed by atoms with Crippen molar-refractivity contribution >= 4 is 0 Å². The molecule has 17 heavy (non-hydrogen) atoms. The number of β-amino-alcohol motifs (C(OH)–C–C–N with tert-alkyl or cyclic N) is 1. The third kappa shape index (κ3) is 4.23. The Balaban J connectivity index is 1.61. The first-order valence-electron chi connectivity index (χ1n) is 7.27. The van der Waals surface area contributed by atoms with Gasteiger partial charge in [0.05, 0.1) is 18.8 Å². The van der Waals surface area contributed by atoms with Crippen LogP contribution in [0.1, 0.15) is 45.4 Å². The van der Waals surface area contributed by atoms with Gasteiger partial charge in [0.1, 0.15) is 0 Å². The van der Waals surface area contributed by atoms with Crippen LogP contribution in [0.3, 0.4) is 0 Å². The summed E-state index contributed by atoms with van der Waals surface area (Å²) in [5.41, 5.74) is 0. The third-order valence-corrected chi connectivity index (χ3v) is 4.20. The van der Waals surface area contributed by atoms with Crippen LogP contribution in [0.5, 0.6) is 0 Å². The molecule has 100 valence electrons. The summed E-state index contributed by atoms with van der Waals surface area (Å²) < 4.78 is 5.84. The predicted molar refractivity (Wildman–Crippen MR) is 69.1 cm³/mol. The van der Waals surface area contributed by atoms with Crippen LogP contribution >= 0.6 is 0 Å². The van der Waals surface area contributed by atoms with Crippen LogP contribution < -0.4 is 0 Å². The SMILES string of the molecule is C[C@H]1CCC[C@@H]1OC[C@@H](O)CN1CCCCC1. The Morgan fingerprint density at radius 2 is 1.94 bits per heavy atom. The fourth-order valence-electron chi connectivity index (χ4n) is 3.09. The van der Waals surface area contributed by atoms with Crippen LogP contribution in [-0.4, -0.2) is 48.5 Å². The molecular formula is C14H27NO2. The highest BCUT2D eigenvalue weighted by Gasteiger charge is 2.25. The summed E-state index contributed by atoms with van der Waals surface area (Å²) in [5, 5.41) is 9.98. The molecule has 1 N–H and O–H groups in total. The molecule has 3 heteroatoms. The van der Waals surface area contributed by atoms with Gasteiger partial charge in [0.25, 0.3) is 0 Å². The number of aliphatic hydroxyl groups is 1. The van der Waals surface area contributed by atoms with Gasteiger partial charge in [0.2, 0.25) is 0 Å². The fourth-order valence-corrected chi connectivity index (χ4v) is 3.09. The molecule has 2 fully saturated rings. The zero-order valence-corrected chi connectivity index (χ0v) is 11.1. The van der Waals surface area contributed by atoms with E-state index in [1.54, 1.807) is 0 Å². The first-order valence-corrected chi connectivity index (χ1v) is 7.27. The molecule has 0 amide bonds. The van der Waals surface area contributed by atoms with Gasteiger partial charge in [-0.05, 0) is 44.7 Å². The fraction of sp³-hybridized carbons (Fsp3) is 1.00. The monoisotopic (exact) mass is 241 g/mol. The largest absolute Gasteiger partial charge is 0.389 e. The molecule has 0 spiro atoms. The quantitative estimate of drug-likeness (QED) is 0.799. The summed E-state index contributed by atoms with van der Waals surface area (Å²) in [5.74, 6) is 0.678. The van der Waals surface area contributed by atoms with Crippen molar-refractivity contribution in [3.8, 4) is 0 Å². The minimum Gasteiger partial charge on any atom is -0.389 e. The molecule has 0 aromatic heterocycles. The lowest BCUT2D eigenvalue weighted by atomic mass is 10.1. The van der Waals surface area contributed by atoms with E-state index in [4.69, 9.17) is 4.74 Å². The predicted octanol–water partition coefficient (Wildman–Crippen LogP) is 2.04.